The molecule has 1 amide bonds. The summed E-state index contributed by atoms with van der Waals surface area (Å²) >= 11 is 0. The zero-order chi connectivity index (χ0) is 16.5. The Bertz CT molecular complexity index is 968. The summed E-state index contributed by atoms with van der Waals surface area (Å²) in [6.45, 7) is -0.130. The van der Waals surface area contributed by atoms with Crippen molar-refractivity contribution in [2.75, 3.05) is 12.1 Å². The lowest BCUT2D eigenvalue weighted by Gasteiger charge is -2.17. The summed E-state index contributed by atoms with van der Waals surface area (Å²) in [6.07, 6.45) is 0. The van der Waals surface area contributed by atoms with Crippen molar-refractivity contribution in [3.63, 3.8) is 0 Å². The molecule has 118 valence electrons. The van der Waals surface area contributed by atoms with Crippen LogP contribution in [0.5, 0.6) is 5.75 Å². The summed E-state index contributed by atoms with van der Waals surface area (Å²) in [7, 11) is 0. The third-order valence-electron chi connectivity index (χ3n) is 3.69. The van der Waals surface area contributed by atoms with Crippen LogP contribution in [0.25, 0.3) is 10.9 Å². The number of esters is 1. The predicted molar refractivity (Wildman–Crippen MR) is 87.0 cm³/mol. The monoisotopic (exact) mass is 320 g/mol. The molecule has 6 heteroatoms. The Labute approximate surface area is 137 Å². The van der Waals surface area contributed by atoms with Gasteiger partial charge in [0.05, 0.1) is 5.52 Å². The highest BCUT2D eigenvalue weighted by Crippen LogP contribution is 2.27. The Morgan fingerprint density at radius 3 is 2.83 bits per heavy atom. The molecule has 6 nitrogen and oxygen atoms in total. The lowest BCUT2D eigenvalue weighted by Crippen LogP contribution is -2.19. The summed E-state index contributed by atoms with van der Waals surface area (Å²) in [6, 6.07) is 15.9. The molecule has 0 aliphatic carbocycles. The van der Waals surface area contributed by atoms with E-state index >= 15 is 0 Å². The molecule has 1 aliphatic heterocycles. The Hall–Kier alpha value is -3.41. The van der Waals surface area contributed by atoms with E-state index in [1.165, 1.54) is 0 Å². The molecule has 2 heterocycles. The number of carbonyl (C=O) groups excluding carboxylic acids is 2. The van der Waals surface area contributed by atoms with Crippen LogP contribution in [-0.2, 0) is 4.74 Å². The summed E-state index contributed by atoms with van der Waals surface area (Å²) < 4.78 is 10.0. The molecular formula is C18H12N2O4. The largest absolute Gasteiger partial charge is 0.456 e. The zero-order valence-corrected chi connectivity index (χ0v) is 12.5. The Kier molecular flexibility index (Phi) is 3.35. The van der Waals surface area contributed by atoms with Crippen molar-refractivity contribution in [1.82, 2.24) is 4.98 Å². The molecule has 0 bridgehead atoms. The van der Waals surface area contributed by atoms with E-state index in [0.717, 1.165) is 10.9 Å². The average Bonchev–Trinajstić information content (AvgIpc) is 2.61. The number of nitrogens with zero attached hydrogens (tertiary/aromatic N) is 1. The molecule has 1 N–H and O–H groups in total. The third-order valence-corrected chi connectivity index (χ3v) is 3.69. The third kappa shape index (κ3) is 2.54. The van der Waals surface area contributed by atoms with Crippen LogP contribution in [0.4, 0.5) is 5.69 Å². The number of amides is 1. The highest BCUT2D eigenvalue weighted by Gasteiger charge is 2.20. The molecule has 0 radical (unpaired) electrons. The van der Waals surface area contributed by atoms with E-state index in [0.29, 0.717) is 22.7 Å². The van der Waals surface area contributed by atoms with E-state index in [9.17, 15) is 9.59 Å². The molecule has 1 aromatic heterocycles. The second kappa shape index (κ2) is 5.66. The first-order chi connectivity index (χ1) is 11.7. The molecule has 4 rings (SSSR count). The minimum absolute atomic E-state index is 0.130. The number of anilines is 1. The van der Waals surface area contributed by atoms with Crippen molar-refractivity contribution < 1.29 is 19.1 Å². The molecule has 0 atom stereocenters. The van der Waals surface area contributed by atoms with E-state index in [1.54, 1.807) is 24.3 Å². The molecule has 0 saturated heterocycles. The van der Waals surface area contributed by atoms with Crippen LogP contribution < -0.4 is 10.1 Å². The van der Waals surface area contributed by atoms with E-state index in [1.807, 2.05) is 30.3 Å². The van der Waals surface area contributed by atoms with E-state index in [2.05, 4.69) is 10.3 Å². The smallest absolute Gasteiger partial charge is 0.344 e. The predicted octanol–water partition coefficient (Wildman–Crippen LogP) is 2.99. The van der Waals surface area contributed by atoms with Gasteiger partial charge in [0.2, 0.25) is 6.79 Å². The van der Waals surface area contributed by atoms with Gasteiger partial charge in [0.25, 0.3) is 5.91 Å². The lowest BCUT2D eigenvalue weighted by atomic mass is 10.1. The normalized spacial score (nSPS) is 12.9. The number of ether oxygens (including phenoxy) is 2. The van der Waals surface area contributed by atoms with Crippen LogP contribution in [0.1, 0.15) is 20.8 Å². The number of aromatic nitrogens is 1. The number of fused-ring (bicyclic) bond motifs is 2. The standard InChI is InChI=1S/C18H12N2O4/c21-17(15-8-5-11-3-1-2-4-14(11)20-15)19-12-6-7-13-16(9-12)23-10-24-18(13)22/h1-9H,10H2,(H,19,21). The number of benzene rings is 2. The minimum atomic E-state index is -0.440. The second-order valence-corrected chi connectivity index (χ2v) is 5.25. The number of hydrogen-bond acceptors (Lipinski definition) is 5. The van der Waals surface area contributed by atoms with Gasteiger partial charge in [-0.3, -0.25) is 4.79 Å². The van der Waals surface area contributed by atoms with Gasteiger partial charge >= 0.3 is 5.97 Å². The van der Waals surface area contributed by atoms with Gasteiger partial charge in [-0.15, -0.1) is 0 Å². The van der Waals surface area contributed by atoms with Crippen molar-refractivity contribution >= 4 is 28.5 Å². The Morgan fingerprint density at radius 1 is 1.04 bits per heavy atom. The number of hydrogen-bond donors (Lipinski definition) is 1. The van der Waals surface area contributed by atoms with Crippen LogP contribution >= 0.6 is 0 Å². The van der Waals surface area contributed by atoms with Crippen LogP contribution in [0.15, 0.2) is 54.6 Å². The Morgan fingerprint density at radius 2 is 1.92 bits per heavy atom. The number of carbonyl (C=O) groups is 2. The molecule has 3 aromatic rings. The van der Waals surface area contributed by atoms with Crippen molar-refractivity contribution in [2.45, 2.75) is 0 Å². The highest BCUT2D eigenvalue weighted by molar-refractivity contribution is 6.04. The summed E-state index contributed by atoms with van der Waals surface area (Å²) in [4.78, 5) is 28.3. The summed E-state index contributed by atoms with van der Waals surface area (Å²) in [5.74, 6) is -0.389. The first-order valence-electron chi connectivity index (χ1n) is 7.32. The van der Waals surface area contributed by atoms with Crippen molar-refractivity contribution in [3.8, 4) is 5.75 Å². The van der Waals surface area contributed by atoms with Crippen LogP contribution in [0, 0.1) is 0 Å². The fraction of sp³-hybridized carbons (Fsp3) is 0.0556. The number of pyridine rings is 1. The Balaban J connectivity index is 1.60. The summed E-state index contributed by atoms with van der Waals surface area (Å²) in [5.41, 5.74) is 1.92. The molecule has 1 aliphatic rings. The highest BCUT2D eigenvalue weighted by atomic mass is 16.7. The van der Waals surface area contributed by atoms with Gasteiger partial charge in [-0.25, -0.2) is 9.78 Å². The van der Waals surface area contributed by atoms with E-state index < -0.39 is 5.97 Å². The maximum atomic E-state index is 12.4. The van der Waals surface area contributed by atoms with Crippen LogP contribution in [0.2, 0.25) is 0 Å². The maximum Gasteiger partial charge on any atom is 0.344 e. The maximum absolute atomic E-state index is 12.4. The second-order valence-electron chi connectivity index (χ2n) is 5.25. The van der Waals surface area contributed by atoms with Gasteiger partial charge in [0, 0.05) is 17.1 Å². The van der Waals surface area contributed by atoms with Gasteiger partial charge in [-0.1, -0.05) is 24.3 Å². The quantitative estimate of drug-likeness (QED) is 0.735. The van der Waals surface area contributed by atoms with Crippen LogP contribution in [0.3, 0.4) is 0 Å². The van der Waals surface area contributed by atoms with Crippen molar-refractivity contribution in [3.05, 3.63) is 65.9 Å². The average molecular weight is 320 g/mol. The van der Waals surface area contributed by atoms with Gasteiger partial charge in [-0.05, 0) is 24.3 Å². The topological polar surface area (TPSA) is 77.5 Å². The van der Waals surface area contributed by atoms with Crippen molar-refractivity contribution in [1.29, 1.82) is 0 Å². The van der Waals surface area contributed by atoms with Gasteiger partial charge in [0.1, 0.15) is 17.0 Å². The van der Waals surface area contributed by atoms with E-state index in [4.69, 9.17) is 9.47 Å². The number of cyclic esters (lactones) is 1. The first kappa shape index (κ1) is 14.2. The van der Waals surface area contributed by atoms with E-state index in [-0.39, 0.29) is 12.7 Å². The lowest BCUT2D eigenvalue weighted by molar-refractivity contribution is 0.00495. The van der Waals surface area contributed by atoms with Gasteiger partial charge in [0.15, 0.2) is 0 Å². The zero-order valence-electron chi connectivity index (χ0n) is 12.5. The van der Waals surface area contributed by atoms with Crippen molar-refractivity contribution in [2.24, 2.45) is 0 Å². The number of para-hydroxylation sites is 1. The molecule has 0 unspecified atom stereocenters. The fourth-order valence-electron chi connectivity index (χ4n) is 2.50. The molecule has 2 aromatic carbocycles. The number of rotatable bonds is 2. The first-order valence-corrected chi connectivity index (χ1v) is 7.32. The minimum Gasteiger partial charge on any atom is -0.456 e. The van der Waals surface area contributed by atoms with Gasteiger partial charge in [-0.2, -0.15) is 0 Å². The fourth-order valence-corrected chi connectivity index (χ4v) is 2.50. The molecule has 0 saturated carbocycles. The molecule has 0 fully saturated rings. The van der Waals surface area contributed by atoms with Crippen LogP contribution in [-0.4, -0.2) is 23.7 Å². The van der Waals surface area contributed by atoms with Gasteiger partial charge < -0.3 is 14.8 Å². The molecule has 24 heavy (non-hydrogen) atoms. The number of nitrogens with one attached hydrogen (secondary N) is 1. The molecular weight excluding hydrogens is 308 g/mol. The SMILES string of the molecule is O=C(Nc1ccc2c(c1)OCOC2=O)c1ccc2ccccc2n1. The molecule has 0 spiro atoms. The summed E-state index contributed by atoms with van der Waals surface area (Å²) in [5, 5.41) is 3.72.